The fourth-order valence-electron chi connectivity index (χ4n) is 1.73. The third kappa shape index (κ3) is 2.02. The number of esters is 1. The van der Waals surface area contributed by atoms with E-state index in [1.807, 2.05) is 0 Å². The summed E-state index contributed by atoms with van der Waals surface area (Å²) in [5.41, 5.74) is 0.655. The van der Waals surface area contributed by atoms with Crippen molar-refractivity contribution < 1.29 is 19.4 Å². The van der Waals surface area contributed by atoms with E-state index in [9.17, 15) is 9.59 Å². The molecule has 1 saturated heterocycles. The Labute approximate surface area is 96.8 Å². The topological polar surface area (TPSA) is 63.6 Å². The number of benzene rings is 1. The Kier molecular flexibility index (Phi) is 2.83. The summed E-state index contributed by atoms with van der Waals surface area (Å²) in [7, 11) is 0. The molecule has 0 saturated carbocycles. The molecule has 4 nitrogen and oxygen atoms in total. The van der Waals surface area contributed by atoms with E-state index in [2.05, 4.69) is 0 Å². The average molecular weight is 241 g/mol. The van der Waals surface area contributed by atoms with Gasteiger partial charge < -0.3 is 9.84 Å². The number of carbonyl (C=O) groups excluding carboxylic acids is 1. The molecule has 2 atom stereocenters. The number of halogens is 1. The number of ether oxygens (including phenoxy) is 1. The van der Waals surface area contributed by atoms with Crippen LogP contribution in [-0.4, -0.2) is 17.0 Å². The Morgan fingerprint density at radius 2 is 2.00 bits per heavy atom. The maximum atomic E-state index is 11.1. The van der Waals surface area contributed by atoms with E-state index in [1.165, 1.54) is 0 Å². The third-order valence-corrected chi connectivity index (χ3v) is 2.78. The molecule has 0 aliphatic carbocycles. The highest BCUT2D eigenvalue weighted by molar-refractivity contribution is 6.30. The monoisotopic (exact) mass is 240 g/mol. The molecule has 2 rings (SSSR count). The zero-order valence-corrected chi connectivity index (χ0v) is 8.98. The van der Waals surface area contributed by atoms with E-state index in [1.54, 1.807) is 24.3 Å². The first-order valence-corrected chi connectivity index (χ1v) is 5.13. The lowest BCUT2D eigenvalue weighted by Crippen LogP contribution is -2.17. The first-order chi connectivity index (χ1) is 7.58. The number of cyclic esters (lactones) is 1. The van der Waals surface area contributed by atoms with Crippen molar-refractivity contribution in [2.24, 2.45) is 5.92 Å². The quantitative estimate of drug-likeness (QED) is 0.804. The average Bonchev–Trinajstić information content (AvgIpc) is 2.61. The summed E-state index contributed by atoms with van der Waals surface area (Å²) >= 11 is 5.72. The number of carboxylic acid groups (broad SMARTS) is 1. The van der Waals surface area contributed by atoms with Gasteiger partial charge in [0.25, 0.3) is 0 Å². The summed E-state index contributed by atoms with van der Waals surface area (Å²) < 4.78 is 5.00. The van der Waals surface area contributed by atoms with Crippen molar-refractivity contribution in [3.05, 3.63) is 34.9 Å². The summed E-state index contributed by atoms with van der Waals surface area (Å²) in [6, 6.07) is 6.62. The summed E-state index contributed by atoms with van der Waals surface area (Å²) in [5, 5.41) is 9.51. The van der Waals surface area contributed by atoms with Crippen LogP contribution in [0.4, 0.5) is 0 Å². The van der Waals surface area contributed by atoms with Crippen molar-refractivity contribution in [1.82, 2.24) is 0 Å². The molecule has 1 aliphatic rings. The second-order valence-electron chi connectivity index (χ2n) is 3.61. The number of carboxylic acids is 1. The van der Waals surface area contributed by atoms with E-state index >= 15 is 0 Å². The maximum Gasteiger partial charge on any atom is 0.311 e. The molecular formula is C11H9ClO4. The molecule has 1 aromatic rings. The van der Waals surface area contributed by atoms with Gasteiger partial charge >= 0.3 is 11.9 Å². The molecule has 0 unspecified atom stereocenters. The number of aliphatic carboxylic acids is 1. The van der Waals surface area contributed by atoms with Crippen LogP contribution in [0.3, 0.4) is 0 Å². The van der Waals surface area contributed by atoms with Crippen LogP contribution in [0, 0.1) is 5.92 Å². The Morgan fingerprint density at radius 1 is 1.38 bits per heavy atom. The molecule has 1 aliphatic heterocycles. The minimum atomic E-state index is -1.02. The number of hydrogen-bond donors (Lipinski definition) is 1. The van der Waals surface area contributed by atoms with Crippen LogP contribution in [0.5, 0.6) is 0 Å². The molecule has 0 spiro atoms. The Balaban J connectivity index is 2.28. The van der Waals surface area contributed by atoms with Crippen molar-refractivity contribution in [1.29, 1.82) is 0 Å². The van der Waals surface area contributed by atoms with Gasteiger partial charge in [0.2, 0.25) is 0 Å². The van der Waals surface area contributed by atoms with Crippen molar-refractivity contribution in [2.45, 2.75) is 12.5 Å². The minimum Gasteiger partial charge on any atom is -0.481 e. The smallest absolute Gasteiger partial charge is 0.311 e. The molecule has 1 fully saturated rings. The van der Waals surface area contributed by atoms with Crippen LogP contribution in [0.15, 0.2) is 24.3 Å². The number of carbonyl (C=O) groups is 2. The molecule has 0 bridgehead atoms. The molecule has 1 heterocycles. The first kappa shape index (κ1) is 11.0. The van der Waals surface area contributed by atoms with Gasteiger partial charge in [-0.1, -0.05) is 23.7 Å². The van der Waals surface area contributed by atoms with E-state index in [0.29, 0.717) is 10.6 Å². The molecule has 1 aromatic carbocycles. The van der Waals surface area contributed by atoms with Gasteiger partial charge in [0.15, 0.2) is 0 Å². The zero-order valence-electron chi connectivity index (χ0n) is 8.22. The van der Waals surface area contributed by atoms with Crippen LogP contribution in [-0.2, 0) is 14.3 Å². The second kappa shape index (κ2) is 4.14. The largest absolute Gasteiger partial charge is 0.481 e. The number of hydrogen-bond acceptors (Lipinski definition) is 3. The summed E-state index contributed by atoms with van der Waals surface area (Å²) in [6.07, 6.45) is -0.787. The molecule has 1 N–H and O–H groups in total. The van der Waals surface area contributed by atoms with E-state index in [-0.39, 0.29) is 6.42 Å². The van der Waals surface area contributed by atoms with Crippen molar-refractivity contribution >= 4 is 23.5 Å². The second-order valence-corrected chi connectivity index (χ2v) is 4.05. The van der Waals surface area contributed by atoms with E-state index in [4.69, 9.17) is 21.4 Å². The third-order valence-electron chi connectivity index (χ3n) is 2.53. The first-order valence-electron chi connectivity index (χ1n) is 4.75. The van der Waals surface area contributed by atoms with E-state index in [0.717, 1.165) is 0 Å². The van der Waals surface area contributed by atoms with Gasteiger partial charge in [-0.25, -0.2) is 0 Å². The van der Waals surface area contributed by atoms with Gasteiger partial charge in [-0.3, -0.25) is 9.59 Å². The molecule has 0 amide bonds. The molecule has 16 heavy (non-hydrogen) atoms. The lowest BCUT2D eigenvalue weighted by molar-refractivity contribution is -0.144. The fourth-order valence-corrected chi connectivity index (χ4v) is 1.85. The normalized spacial score (nSPS) is 24.2. The van der Waals surface area contributed by atoms with Gasteiger partial charge in [-0.15, -0.1) is 0 Å². The zero-order chi connectivity index (χ0) is 11.7. The summed E-state index contributed by atoms with van der Waals surface area (Å²) in [5.74, 6) is -2.31. The Morgan fingerprint density at radius 3 is 2.56 bits per heavy atom. The Hall–Kier alpha value is -1.55. The van der Waals surface area contributed by atoms with E-state index < -0.39 is 24.0 Å². The highest BCUT2D eigenvalue weighted by Crippen LogP contribution is 2.35. The standard InChI is InChI=1S/C11H9ClO4/c12-7-3-1-6(2-4-7)10-8(11(14)15)5-9(13)16-10/h1-4,8,10H,5H2,(H,14,15)/t8-,10-/m0/s1. The lowest BCUT2D eigenvalue weighted by atomic mass is 9.95. The van der Waals surface area contributed by atoms with Gasteiger partial charge in [-0.05, 0) is 17.7 Å². The van der Waals surface area contributed by atoms with Crippen LogP contribution in [0.1, 0.15) is 18.1 Å². The van der Waals surface area contributed by atoms with Crippen molar-refractivity contribution in [3.63, 3.8) is 0 Å². The van der Waals surface area contributed by atoms with Gasteiger partial charge in [-0.2, -0.15) is 0 Å². The van der Waals surface area contributed by atoms with Crippen LogP contribution in [0.25, 0.3) is 0 Å². The lowest BCUT2D eigenvalue weighted by Gasteiger charge is -2.14. The van der Waals surface area contributed by atoms with Crippen LogP contribution >= 0.6 is 11.6 Å². The predicted octanol–water partition coefficient (Wildman–Crippen LogP) is 2.03. The Bertz CT molecular complexity index is 426. The van der Waals surface area contributed by atoms with Crippen molar-refractivity contribution in [2.75, 3.05) is 0 Å². The van der Waals surface area contributed by atoms with Gasteiger partial charge in [0.05, 0.1) is 6.42 Å². The summed E-state index contributed by atoms with van der Waals surface area (Å²) in [6.45, 7) is 0. The maximum absolute atomic E-state index is 11.1. The van der Waals surface area contributed by atoms with Crippen LogP contribution in [0.2, 0.25) is 5.02 Å². The van der Waals surface area contributed by atoms with Gasteiger partial charge in [0, 0.05) is 5.02 Å². The molecule has 0 radical (unpaired) electrons. The minimum absolute atomic E-state index is 0.0807. The number of rotatable bonds is 2. The highest BCUT2D eigenvalue weighted by atomic mass is 35.5. The molecule has 5 heteroatoms. The SMILES string of the molecule is O=C1C[C@H](C(=O)O)[C@H](c2ccc(Cl)cc2)O1. The van der Waals surface area contributed by atoms with Gasteiger partial charge in [0.1, 0.15) is 12.0 Å². The summed E-state index contributed by atoms with van der Waals surface area (Å²) in [4.78, 5) is 22.0. The van der Waals surface area contributed by atoms with Crippen molar-refractivity contribution in [3.8, 4) is 0 Å². The molecule has 0 aromatic heterocycles. The predicted molar refractivity (Wildman–Crippen MR) is 56.0 cm³/mol. The fraction of sp³-hybridized carbons (Fsp3) is 0.273. The van der Waals surface area contributed by atoms with Crippen LogP contribution < -0.4 is 0 Å². The highest BCUT2D eigenvalue weighted by Gasteiger charge is 2.40. The molecular weight excluding hydrogens is 232 g/mol. The molecule has 84 valence electrons.